The molecule has 2 rings (SSSR count). The van der Waals surface area contributed by atoms with Crippen molar-refractivity contribution in [1.82, 2.24) is 10.2 Å². The van der Waals surface area contributed by atoms with E-state index in [1.807, 2.05) is 36.2 Å². The van der Waals surface area contributed by atoms with Gasteiger partial charge < -0.3 is 10.2 Å². The third kappa shape index (κ3) is 4.61. The Balaban J connectivity index is 0.00000242. The number of carbonyl (C=O) groups is 1. The molecule has 1 fully saturated rings. The van der Waals surface area contributed by atoms with E-state index in [1.54, 1.807) is 0 Å². The van der Waals surface area contributed by atoms with Gasteiger partial charge in [-0.2, -0.15) is 0 Å². The lowest BCUT2D eigenvalue weighted by molar-refractivity contribution is -0.132. The van der Waals surface area contributed by atoms with Crippen LogP contribution in [0.2, 0.25) is 5.02 Å². The summed E-state index contributed by atoms with van der Waals surface area (Å²) in [4.78, 5) is 14.9. The molecule has 1 aliphatic heterocycles. The predicted molar refractivity (Wildman–Crippen MR) is 94.9 cm³/mol. The number of nitrogens with zero attached hydrogens (tertiary/aromatic N) is 1. The van der Waals surface area contributed by atoms with Crippen molar-refractivity contribution in [2.75, 3.05) is 26.7 Å². The van der Waals surface area contributed by atoms with Crippen LogP contribution in [0.1, 0.15) is 31.7 Å². The van der Waals surface area contributed by atoms with Gasteiger partial charge in [0.2, 0.25) is 5.91 Å². The van der Waals surface area contributed by atoms with Crippen molar-refractivity contribution < 1.29 is 4.79 Å². The minimum absolute atomic E-state index is 0. The maximum absolute atomic E-state index is 12.9. The van der Waals surface area contributed by atoms with Gasteiger partial charge >= 0.3 is 0 Å². The standard InChI is InChI=1S/C17H25ClN2O.ClH/c1-12(2)16(14-5-4-6-15(18)9-14)17(21)20-8-7-13(11-20)10-19-3;/h4-6,9,12-13,16,19H,7-8,10-11H2,1-3H3;1H. The molecule has 0 saturated carbocycles. The number of likely N-dealkylation sites (tertiary alicyclic amines) is 1. The lowest BCUT2D eigenvalue weighted by Crippen LogP contribution is -2.36. The molecule has 2 unspecified atom stereocenters. The number of nitrogens with one attached hydrogen (secondary N) is 1. The molecule has 1 N–H and O–H groups in total. The minimum atomic E-state index is -0.1000. The van der Waals surface area contributed by atoms with E-state index in [4.69, 9.17) is 11.6 Å². The summed E-state index contributed by atoms with van der Waals surface area (Å²) in [7, 11) is 1.97. The van der Waals surface area contributed by atoms with Gasteiger partial charge in [0.15, 0.2) is 0 Å². The topological polar surface area (TPSA) is 32.3 Å². The van der Waals surface area contributed by atoms with E-state index >= 15 is 0 Å². The number of rotatable bonds is 5. The van der Waals surface area contributed by atoms with Gasteiger partial charge in [-0.3, -0.25) is 4.79 Å². The Hall–Kier alpha value is -0.770. The lowest BCUT2D eigenvalue weighted by Gasteiger charge is -2.26. The zero-order valence-electron chi connectivity index (χ0n) is 13.5. The summed E-state index contributed by atoms with van der Waals surface area (Å²) in [5.41, 5.74) is 1.03. The zero-order chi connectivity index (χ0) is 15.4. The van der Waals surface area contributed by atoms with E-state index in [0.717, 1.165) is 31.6 Å². The molecule has 1 aromatic carbocycles. The van der Waals surface area contributed by atoms with Crippen LogP contribution in [-0.4, -0.2) is 37.5 Å². The van der Waals surface area contributed by atoms with Gasteiger partial charge in [0, 0.05) is 18.1 Å². The van der Waals surface area contributed by atoms with Crippen LogP contribution < -0.4 is 5.32 Å². The molecule has 5 heteroatoms. The first-order valence-electron chi connectivity index (χ1n) is 7.71. The molecule has 1 aromatic rings. The fraction of sp³-hybridized carbons (Fsp3) is 0.588. The van der Waals surface area contributed by atoms with Gasteiger partial charge in [-0.15, -0.1) is 12.4 Å². The highest BCUT2D eigenvalue weighted by molar-refractivity contribution is 6.30. The molecule has 0 aliphatic carbocycles. The first-order chi connectivity index (χ1) is 10.0. The Morgan fingerprint density at radius 3 is 2.77 bits per heavy atom. The monoisotopic (exact) mass is 344 g/mol. The maximum atomic E-state index is 12.9. The van der Waals surface area contributed by atoms with Gasteiger partial charge in [-0.05, 0) is 49.5 Å². The fourth-order valence-corrected chi connectivity index (χ4v) is 3.40. The highest BCUT2D eigenvalue weighted by atomic mass is 35.5. The molecule has 1 amide bonds. The second-order valence-electron chi connectivity index (χ2n) is 6.27. The van der Waals surface area contributed by atoms with Crippen LogP contribution >= 0.6 is 24.0 Å². The van der Waals surface area contributed by atoms with Crippen LogP contribution in [-0.2, 0) is 4.79 Å². The Labute approximate surface area is 144 Å². The molecule has 0 spiro atoms. The molecule has 22 heavy (non-hydrogen) atoms. The van der Waals surface area contributed by atoms with Crippen molar-refractivity contribution in [3.05, 3.63) is 34.9 Å². The van der Waals surface area contributed by atoms with E-state index < -0.39 is 0 Å². The van der Waals surface area contributed by atoms with Gasteiger partial charge in [-0.1, -0.05) is 37.6 Å². The summed E-state index contributed by atoms with van der Waals surface area (Å²) >= 11 is 6.09. The Kier molecular flexibility index (Phi) is 7.67. The normalized spacial score (nSPS) is 19.1. The second-order valence-corrected chi connectivity index (χ2v) is 6.71. The van der Waals surface area contributed by atoms with Gasteiger partial charge in [0.25, 0.3) is 0 Å². The van der Waals surface area contributed by atoms with Crippen molar-refractivity contribution in [3.8, 4) is 0 Å². The summed E-state index contributed by atoms with van der Waals surface area (Å²) < 4.78 is 0. The van der Waals surface area contributed by atoms with Gasteiger partial charge in [0.05, 0.1) is 5.92 Å². The van der Waals surface area contributed by atoms with Crippen LogP contribution in [0, 0.1) is 11.8 Å². The SMILES string of the molecule is CNCC1CCN(C(=O)C(c2cccc(Cl)c2)C(C)C)C1.Cl. The molecule has 0 bridgehead atoms. The quantitative estimate of drug-likeness (QED) is 0.885. The third-order valence-corrected chi connectivity index (χ3v) is 4.47. The maximum Gasteiger partial charge on any atom is 0.230 e. The fourth-order valence-electron chi connectivity index (χ4n) is 3.20. The van der Waals surface area contributed by atoms with Crippen LogP contribution in [0.5, 0.6) is 0 Å². The van der Waals surface area contributed by atoms with Gasteiger partial charge in [0.1, 0.15) is 0 Å². The van der Waals surface area contributed by atoms with Crippen LogP contribution in [0.3, 0.4) is 0 Å². The van der Waals surface area contributed by atoms with E-state index in [1.165, 1.54) is 0 Å². The predicted octanol–water partition coefficient (Wildman–Crippen LogP) is 3.57. The number of benzene rings is 1. The average Bonchev–Trinajstić information content (AvgIpc) is 2.87. The largest absolute Gasteiger partial charge is 0.342 e. The summed E-state index contributed by atoms with van der Waals surface area (Å²) in [5, 5.41) is 3.90. The molecule has 0 radical (unpaired) electrons. The Morgan fingerprint density at radius 2 is 2.18 bits per heavy atom. The molecule has 2 atom stereocenters. The molecular weight excluding hydrogens is 319 g/mol. The smallest absolute Gasteiger partial charge is 0.230 e. The van der Waals surface area contributed by atoms with Crippen molar-refractivity contribution in [3.63, 3.8) is 0 Å². The number of amides is 1. The zero-order valence-corrected chi connectivity index (χ0v) is 15.1. The lowest BCUT2D eigenvalue weighted by atomic mass is 9.87. The van der Waals surface area contributed by atoms with E-state index in [0.29, 0.717) is 10.9 Å². The Bertz CT molecular complexity index is 493. The first-order valence-corrected chi connectivity index (χ1v) is 8.09. The Morgan fingerprint density at radius 1 is 1.45 bits per heavy atom. The average molecular weight is 345 g/mol. The highest BCUT2D eigenvalue weighted by Crippen LogP contribution is 2.30. The molecular formula is C17H26Cl2N2O. The molecule has 124 valence electrons. The second kappa shape index (κ2) is 8.76. The van der Waals surface area contributed by atoms with Crippen LogP contribution in [0.4, 0.5) is 0 Å². The van der Waals surface area contributed by atoms with Crippen molar-refractivity contribution in [2.45, 2.75) is 26.2 Å². The number of hydrogen-bond acceptors (Lipinski definition) is 2. The summed E-state index contributed by atoms with van der Waals surface area (Å²) in [6, 6.07) is 7.71. The first kappa shape index (κ1) is 19.3. The molecule has 1 saturated heterocycles. The summed E-state index contributed by atoms with van der Waals surface area (Å²) in [5.74, 6) is 0.980. The number of carbonyl (C=O) groups excluding carboxylic acids is 1. The van der Waals surface area contributed by atoms with E-state index in [2.05, 4.69) is 19.2 Å². The van der Waals surface area contributed by atoms with Crippen molar-refractivity contribution in [1.29, 1.82) is 0 Å². The molecule has 1 heterocycles. The van der Waals surface area contributed by atoms with Crippen LogP contribution in [0.25, 0.3) is 0 Å². The number of halogens is 2. The van der Waals surface area contributed by atoms with Crippen LogP contribution in [0.15, 0.2) is 24.3 Å². The van der Waals surface area contributed by atoms with Crippen molar-refractivity contribution >= 4 is 29.9 Å². The van der Waals surface area contributed by atoms with Crippen molar-refractivity contribution in [2.24, 2.45) is 11.8 Å². The molecule has 3 nitrogen and oxygen atoms in total. The number of hydrogen-bond donors (Lipinski definition) is 1. The summed E-state index contributed by atoms with van der Waals surface area (Å²) in [6.45, 7) is 6.92. The highest BCUT2D eigenvalue weighted by Gasteiger charge is 2.33. The van der Waals surface area contributed by atoms with E-state index in [9.17, 15) is 4.79 Å². The van der Waals surface area contributed by atoms with E-state index in [-0.39, 0.29) is 30.2 Å². The summed E-state index contributed by atoms with van der Waals surface area (Å²) in [6.07, 6.45) is 1.09. The third-order valence-electron chi connectivity index (χ3n) is 4.23. The van der Waals surface area contributed by atoms with Gasteiger partial charge in [-0.25, -0.2) is 0 Å². The molecule has 1 aliphatic rings. The minimum Gasteiger partial charge on any atom is -0.342 e. The molecule has 0 aromatic heterocycles.